The number of anilines is 2. The van der Waals surface area contributed by atoms with Gasteiger partial charge in [-0.05, 0) is 25.1 Å². The number of benzene rings is 1. The summed E-state index contributed by atoms with van der Waals surface area (Å²) in [5.41, 5.74) is 8.06. The third-order valence-corrected chi connectivity index (χ3v) is 3.08. The van der Waals surface area contributed by atoms with Crippen molar-refractivity contribution in [2.24, 2.45) is 0 Å². The number of nitrogen functional groups attached to an aromatic ring is 1. The number of aromatic nitrogens is 1. The predicted octanol–water partition coefficient (Wildman–Crippen LogP) is 2.26. The molecule has 0 aliphatic heterocycles. The fourth-order valence-corrected chi connectivity index (χ4v) is 1.88. The van der Waals surface area contributed by atoms with E-state index in [2.05, 4.69) is 4.98 Å². The van der Waals surface area contributed by atoms with Gasteiger partial charge in [0.15, 0.2) is 0 Å². The smallest absolute Gasteiger partial charge is 0.259 e. The average Bonchev–Trinajstić information content (AvgIpc) is 2.48. The van der Waals surface area contributed by atoms with Gasteiger partial charge in [0.25, 0.3) is 5.91 Å². The van der Waals surface area contributed by atoms with Gasteiger partial charge in [0, 0.05) is 18.8 Å². The lowest BCUT2D eigenvalue weighted by Crippen LogP contribution is -2.27. The number of ether oxygens (including phenoxy) is 1. The fourth-order valence-electron chi connectivity index (χ4n) is 1.88. The summed E-state index contributed by atoms with van der Waals surface area (Å²) in [6.45, 7) is 1.78. The minimum atomic E-state index is -0.157. The molecule has 0 saturated carbocycles. The van der Waals surface area contributed by atoms with Crippen LogP contribution in [0.2, 0.25) is 0 Å². The van der Waals surface area contributed by atoms with Gasteiger partial charge in [0.2, 0.25) is 0 Å². The summed E-state index contributed by atoms with van der Waals surface area (Å²) in [6.07, 6.45) is 1.54. The highest BCUT2D eigenvalue weighted by molar-refractivity contribution is 6.06. The van der Waals surface area contributed by atoms with E-state index in [0.29, 0.717) is 22.7 Å². The van der Waals surface area contributed by atoms with Crippen molar-refractivity contribution in [2.45, 2.75) is 6.92 Å². The topological polar surface area (TPSA) is 68.5 Å². The zero-order valence-corrected chi connectivity index (χ0v) is 11.8. The van der Waals surface area contributed by atoms with E-state index in [9.17, 15) is 4.79 Å². The van der Waals surface area contributed by atoms with Crippen molar-refractivity contribution in [3.05, 3.63) is 47.8 Å². The Labute approximate surface area is 118 Å². The Balaban J connectivity index is 2.34. The van der Waals surface area contributed by atoms with Gasteiger partial charge in [0.05, 0.1) is 30.3 Å². The third kappa shape index (κ3) is 2.71. The Bertz CT molecular complexity index is 641. The first kappa shape index (κ1) is 13.9. The summed E-state index contributed by atoms with van der Waals surface area (Å²) in [5.74, 6) is 0.542. The summed E-state index contributed by atoms with van der Waals surface area (Å²) >= 11 is 0. The molecule has 0 atom stereocenters. The number of hydrogen-bond donors (Lipinski definition) is 1. The zero-order valence-electron chi connectivity index (χ0n) is 11.8. The lowest BCUT2D eigenvalue weighted by molar-refractivity contribution is 0.0992. The van der Waals surface area contributed by atoms with Gasteiger partial charge in [0.1, 0.15) is 5.75 Å². The second-order valence-electron chi connectivity index (χ2n) is 4.47. The molecule has 5 nitrogen and oxygen atoms in total. The molecule has 0 aliphatic carbocycles. The Hall–Kier alpha value is -2.56. The maximum Gasteiger partial charge on any atom is 0.259 e. The number of nitrogens with two attached hydrogens (primary N) is 1. The van der Waals surface area contributed by atoms with E-state index in [1.807, 2.05) is 18.2 Å². The van der Waals surface area contributed by atoms with Crippen LogP contribution in [0.4, 0.5) is 11.4 Å². The van der Waals surface area contributed by atoms with E-state index in [1.165, 1.54) is 6.20 Å². The summed E-state index contributed by atoms with van der Waals surface area (Å²) in [4.78, 5) is 18.2. The molecule has 0 spiro atoms. The molecule has 5 heteroatoms. The van der Waals surface area contributed by atoms with Crippen molar-refractivity contribution in [2.75, 3.05) is 24.8 Å². The number of rotatable bonds is 3. The molecule has 1 aromatic carbocycles. The maximum absolute atomic E-state index is 12.5. The van der Waals surface area contributed by atoms with E-state index >= 15 is 0 Å². The van der Waals surface area contributed by atoms with Crippen LogP contribution in [-0.2, 0) is 0 Å². The third-order valence-electron chi connectivity index (χ3n) is 3.08. The largest absolute Gasteiger partial charge is 0.497 e. The number of methoxy groups -OCH3 is 1. The lowest BCUT2D eigenvalue weighted by Gasteiger charge is -2.19. The molecule has 2 N–H and O–H groups in total. The summed E-state index contributed by atoms with van der Waals surface area (Å²) < 4.78 is 5.16. The monoisotopic (exact) mass is 271 g/mol. The molecular weight excluding hydrogens is 254 g/mol. The van der Waals surface area contributed by atoms with E-state index in [0.717, 1.165) is 5.69 Å². The van der Waals surface area contributed by atoms with Crippen molar-refractivity contribution in [3.8, 4) is 5.75 Å². The summed E-state index contributed by atoms with van der Waals surface area (Å²) in [7, 11) is 3.30. The van der Waals surface area contributed by atoms with Crippen molar-refractivity contribution in [1.29, 1.82) is 0 Å². The molecule has 1 aromatic heterocycles. The zero-order chi connectivity index (χ0) is 14.7. The average molecular weight is 271 g/mol. The minimum Gasteiger partial charge on any atom is -0.497 e. The number of amides is 1. The van der Waals surface area contributed by atoms with Crippen LogP contribution in [0, 0.1) is 6.92 Å². The lowest BCUT2D eigenvalue weighted by atomic mass is 10.1. The number of nitrogens with zero attached hydrogens (tertiary/aromatic N) is 2. The Morgan fingerprint density at radius 2 is 2.10 bits per heavy atom. The maximum atomic E-state index is 12.5. The number of hydrogen-bond acceptors (Lipinski definition) is 4. The van der Waals surface area contributed by atoms with Crippen LogP contribution in [0.25, 0.3) is 0 Å². The molecule has 104 valence electrons. The van der Waals surface area contributed by atoms with Crippen LogP contribution in [0.1, 0.15) is 16.1 Å². The summed E-state index contributed by atoms with van der Waals surface area (Å²) in [5, 5.41) is 0. The second kappa shape index (κ2) is 5.61. The molecule has 0 unspecified atom stereocenters. The van der Waals surface area contributed by atoms with E-state index < -0.39 is 0 Å². The highest BCUT2D eigenvalue weighted by atomic mass is 16.5. The molecule has 1 heterocycles. The molecule has 20 heavy (non-hydrogen) atoms. The SMILES string of the molecule is COc1cccc(N(C)C(=O)c2cc(N)cnc2C)c1. The van der Waals surface area contributed by atoms with Gasteiger partial charge in [-0.3, -0.25) is 9.78 Å². The molecular formula is C15H17N3O2. The normalized spacial score (nSPS) is 10.2. The molecule has 0 radical (unpaired) electrons. The number of pyridine rings is 1. The van der Waals surface area contributed by atoms with E-state index in [-0.39, 0.29) is 5.91 Å². The van der Waals surface area contributed by atoms with Crippen LogP contribution in [0.5, 0.6) is 5.75 Å². The molecule has 0 bridgehead atoms. The Kier molecular flexibility index (Phi) is 3.89. The molecule has 0 fully saturated rings. The quantitative estimate of drug-likeness (QED) is 0.929. The van der Waals surface area contributed by atoms with E-state index in [1.54, 1.807) is 38.1 Å². The van der Waals surface area contributed by atoms with Crippen molar-refractivity contribution in [1.82, 2.24) is 4.98 Å². The van der Waals surface area contributed by atoms with Crippen LogP contribution < -0.4 is 15.4 Å². The van der Waals surface area contributed by atoms with Gasteiger partial charge in [-0.15, -0.1) is 0 Å². The molecule has 1 amide bonds. The molecule has 2 rings (SSSR count). The number of aryl methyl sites for hydroxylation is 1. The highest BCUT2D eigenvalue weighted by Gasteiger charge is 2.17. The van der Waals surface area contributed by atoms with Crippen LogP contribution >= 0.6 is 0 Å². The van der Waals surface area contributed by atoms with E-state index in [4.69, 9.17) is 10.5 Å². The fraction of sp³-hybridized carbons (Fsp3) is 0.200. The predicted molar refractivity (Wildman–Crippen MR) is 79.1 cm³/mol. The highest BCUT2D eigenvalue weighted by Crippen LogP contribution is 2.22. The van der Waals surface area contributed by atoms with Crippen LogP contribution in [-0.4, -0.2) is 25.0 Å². The molecule has 0 aliphatic rings. The molecule has 0 saturated heterocycles. The Morgan fingerprint density at radius 3 is 2.80 bits per heavy atom. The van der Waals surface area contributed by atoms with Crippen molar-refractivity contribution in [3.63, 3.8) is 0 Å². The van der Waals surface area contributed by atoms with Gasteiger partial charge >= 0.3 is 0 Å². The van der Waals surface area contributed by atoms with Gasteiger partial charge < -0.3 is 15.4 Å². The van der Waals surface area contributed by atoms with Crippen LogP contribution in [0.15, 0.2) is 36.5 Å². The van der Waals surface area contributed by atoms with Gasteiger partial charge in [-0.25, -0.2) is 0 Å². The first-order valence-corrected chi connectivity index (χ1v) is 6.17. The van der Waals surface area contributed by atoms with Crippen LogP contribution in [0.3, 0.4) is 0 Å². The molecule has 2 aromatic rings. The van der Waals surface area contributed by atoms with Gasteiger partial charge in [-0.1, -0.05) is 6.07 Å². The standard InChI is InChI=1S/C15H17N3O2/c1-10-14(7-11(16)9-17-10)15(19)18(2)12-5-4-6-13(8-12)20-3/h4-9H,16H2,1-3H3. The van der Waals surface area contributed by atoms with Crippen molar-refractivity contribution >= 4 is 17.3 Å². The first-order valence-electron chi connectivity index (χ1n) is 6.17. The van der Waals surface area contributed by atoms with Crippen molar-refractivity contribution < 1.29 is 9.53 Å². The number of carbonyl (C=O) groups is 1. The first-order chi connectivity index (χ1) is 9.52. The van der Waals surface area contributed by atoms with Gasteiger partial charge in [-0.2, -0.15) is 0 Å². The summed E-state index contributed by atoms with van der Waals surface area (Å²) in [6, 6.07) is 8.95. The second-order valence-corrected chi connectivity index (χ2v) is 4.47. The minimum absolute atomic E-state index is 0.157. The number of carbonyl (C=O) groups excluding carboxylic acids is 1. The Morgan fingerprint density at radius 1 is 1.35 bits per heavy atom.